The van der Waals surface area contributed by atoms with Crippen molar-refractivity contribution < 1.29 is 14.0 Å². The molecule has 0 bridgehead atoms. The van der Waals surface area contributed by atoms with Crippen molar-refractivity contribution in [3.8, 4) is 5.75 Å². The summed E-state index contributed by atoms with van der Waals surface area (Å²) in [4.78, 5) is 10.2. The van der Waals surface area contributed by atoms with Gasteiger partial charge in [0.25, 0.3) is 5.69 Å². The van der Waals surface area contributed by atoms with Crippen LogP contribution < -0.4 is 4.52 Å². The number of aryl methyl sites for hydroxylation is 1. The molecule has 0 spiro atoms. The Hall–Kier alpha value is -0.970. The highest BCUT2D eigenvalue weighted by Crippen LogP contribution is 2.46. The molecule has 5 nitrogen and oxygen atoms in total. The van der Waals surface area contributed by atoms with Crippen LogP contribution in [-0.4, -0.2) is 18.2 Å². The van der Waals surface area contributed by atoms with E-state index >= 15 is 0 Å². The third-order valence-corrected chi connectivity index (χ3v) is 3.88. The smallest absolute Gasteiger partial charge is 0.269 e. The first kappa shape index (κ1) is 15.1. The summed E-state index contributed by atoms with van der Waals surface area (Å²) in [6.07, 6.45) is 0.870. The van der Waals surface area contributed by atoms with Gasteiger partial charge in [0.1, 0.15) is 5.75 Å². The molecule has 100 valence electrons. The fourth-order valence-electron chi connectivity index (χ4n) is 1.31. The first-order valence-electron chi connectivity index (χ1n) is 5.52. The van der Waals surface area contributed by atoms with Crippen LogP contribution in [0.25, 0.3) is 0 Å². The Morgan fingerprint density at radius 1 is 1.50 bits per heavy atom. The van der Waals surface area contributed by atoms with Crippen molar-refractivity contribution in [2.24, 2.45) is 0 Å². The quantitative estimate of drug-likeness (QED) is 0.454. The molecular weight excluding hydrogens is 273 g/mol. The van der Waals surface area contributed by atoms with Crippen LogP contribution in [0.3, 0.4) is 0 Å². The number of nitrogens with zero attached hydrogens (tertiary/aromatic N) is 1. The van der Waals surface area contributed by atoms with Gasteiger partial charge in [-0.1, -0.05) is 6.92 Å². The molecule has 0 aromatic heterocycles. The number of benzene rings is 1. The normalized spacial score (nSPS) is 13.9. The van der Waals surface area contributed by atoms with Crippen LogP contribution in [0.15, 0.2) is 18.2 Å². The fraction of sp³-hybridized carbons (Fsp3) is 0.455. The van der Waals surface area contributed by atoms with Crippen LogP contribution in [0, 0.1) is 17.0 Å². The van der Waals surface area contributed by atoms with Gasteiger partial charge in [-0.3, -0.25) is 10.1 Å². The molecule has 1 aromatic carbocycles. The van der Waals surface area contributed by atoms with Crippen LogP contribution >= 0.6 is 6.49 Å². The zero-order valence-corrected chi connectivity index (χ0v) is 12.3. The van der Waals surface area contributed by atoms with Crippen molar-refractivity contribution >= 4 is 24.0 Å². The average Bonchev–Trinajstić information content (AvgIpc) is 2.29. The minimum Gasteiger partial charge on any atom is -0.443 e. The van der Waals surface area contributed by atoms with E-state index in [0.29, 0.717) is 17.9 Å². The summed E-state index contributed by atoms with van der Waals surface area (Å²) < 4.78 is 11.1. The van der Waals surface area contributed by atoms with Crippen molar-refractivity contribution in [2.45, 2.75) is 20.3 Å². The molecule has 1 aromatic rings. The third kappa shape index (κ3) is 4.37. The number of nitro groups is 1. The van der Waals surface area contributed by atoms with Crippen LogP contribution in [0.1, 0.15) is 18.9 Å². The number of non-ortho nitro benzene ring substituents is 1. The van der Waals surface area contributed by atoms with E-state index in [9.17, 15) is 10.1 Å². The average molecular weight is 289 g/mol. The van der Waals surface area contributed by atoms with Crippen molar-refractivity contribution in [2.75, 3.05) is 13.3 Å². The second-order valence-corrected chi connectivity index (χ2v) is 7.88. The molecule has 0 amide bonds. The Morgan fingerprint density at radius 2 is 2.17 bits per heavy atom. The molecule has 1 unspecified atom stereocenters. The zero-order chi connectivity index (χ0) is 13.8. The maximum Gasteiger partial charge on any atom is 0.269 e. The second kappa shape index (κ2) is 6.27. The monoisotopic (exact) mass is 289 g/mol. The van der Waals surface area contributed by atoms with Crippen molar-refractivity contribution in [1.82, 2.24) is 0 Å². The predicted octanol–water partition coefficient (Wildman–Crippen LogP) is 3.65. The minimum atomic E-state index is -2.33. The summed E-state index contributed by atoms with van der Waals surface area (Å²) >= 11 is 5.27. The van der Waals surface area contributed by atoms with Gasteiger partial charge in [0.05, 0.1) is 11.5 Å². The molecular formula is C11H16NO4PS. The van der Waals surface area contributed by atoms with E-state index in [0.717, 1.165) is 6.42 Å². The SMILES string of the molecule is CCCOP(C)(=S)Oc1ccc([N+](=O)[O-])cc1C. The Bertz CT molecular complexity index is 492. The molecule has 0 saturated heterocycles. The van der Waals surface area contributed by atoms with Gasteiger partial charge in [-0.15, -0.1) is 0 Å². The summed E-state index contributed by atoms with van der Waals surface area (Å²) in [5.74, 6) is 0.544. The summed E-state index contributed by atoms with van der Waals surface area (Å²) in [7, 11) is 0. The Labute approximate surface area is 111 Å². The van der Waals surface area contributed by atoms with Gasteiger partial charge in [-0.05, 0) is 36.8 Å². The van der Waals surface area contributed by atoms with Gasteiger partial charge in [0.15, 0.2) is 0 Å². The van der Waals surface area contributed by atoms with Gasteiger partial charge in [0.2, 0.25) is 6.49 Å². The highest BCUT2D eigenvalue weighted by atomic mass is 32.5. The van der Waals surface area contributed by atoms with E-state index in [1.165, 1.54) is 12.1 Å². The van der Waals surface area contributed by atoms with E-state index < -0.39 is 11.4 Å². The lowest BCUT2D eigenvalue weighted by molar-refractivity contribution is -0.384. The highest BCUT2D eigenvalue weighted by Gasteiger charge is 2.16. The first-order valence-corrected chi connectivity index (χ1v) is 8.61. The molecule has 0 aliphatic rings. The fourth-order valence-corrected chi connectivity index (χ4v) is 2.91. The zero-order valence-electron chi connectivity index (χ0n) is 10.6. The first-order chi connectivity index (χ1) is 8.35. The molecule has 0 fully saturated rings. The topological polar surface area (TPSA) is 61.6 Å². The lowest BCUT2D eigenvalue weighted by atomic mass is 10.2. The predicted molar refractivity (Wildman–Crippen MR) is 74.9 cm³/mol. The number of hydrogen-bond donors (Lipinski definition) is 0. The maximum atomic E-state index is 10.6. The number of hydrogen-bond acceptors (Lipinski definition) is 5. The highest BCUT2D eigenvalue weighted by molar-refractivity contribution is 8.09. The van der Waals surface area contributed by atoms with Crippen molar-refractivity contribution in [3.05, 3.63) is 33.9 Å². The summed E-state index contributed by atoms with van der Waals surface area (Å²) in [6.45, 7) is 3.71. The molecule has 0 aliphatic carbocycles. The van der Waals surface area contributed by atoms with E-state index in [-0.39, 0.29) is 5.69 Å². The molecule has 1 atom stereocenters. The Kier molecular flexibility index (Phi) is 5.26. The molecule has 18 heavy (non-hydrogen) atoms. The van der Waals surface area contributed by atoms with Gasteiger partial charge in [-0.2, -0.15) is 0 Å². The lowest BCUT2D eigenvalue weighted by Gasteiger charge is -2.19. The molecule has 7 heteroatoms. The van der Waals surface area contributed by atoms with E-state index in [1.807, 2.05) is 6.92 Å². The Balaban J connectivity index is 2.85. The third-order valence-electron chi connectivity index (χ3n) is 2.16. The summed E-state index contributed by atoms with van der Waals surface area (Å²) in [6, 6.07) is 4.43. The van der Waals surface area contributed by atoms with Crippen LogP contribution in [0.2, 0.25) is 0 Å². The van der Waals surface area contributed by atoms with Gasteiger partial charge in [0, 0.05) is 18.8 Å². The van der Waals surface area contributed by atoms with Gasteiger partial charge < -0.3 is 9.05 Å². The molecule has 0 aliphatic heterocycles. The maximum absolute atomic E-state index is 10.6. The second-order valence-electron chi connectivity index (χ2n) is 3.90. The van der Waals surface area contributed by atoms with Crippen LogP contribution in [0.5, 0.6) is 5.75 Å². The van der Waals surface area contributed by atoms with Gasteiger partial charge >= 0.3 is 0 Å². The molecule has 0 radical (unpaired) electrons. The molecule has 0 N–H and O–H groups in total. The largest absolute Gasteiger partial charge is 0.443 e. The number of rotatable bonds is 6. The van der Waals surface area contributed by atoms with E-state index in [1.54, 1.807) is 19.7 Å². The number of nitro benzene ring substituents is 1. The summed E-state index contributed by atoms with van der Waals surface area (Å²) in [5, 5.41) is 10.6. The van der Waals surface area contributed by atoms with Crippen molar-refractivity contribution in [3.63, 3.8) is 0 Å². The standard InChI is InChI=1S/C11H16NO4PS/c1-4-7-15-17(3,18)16-11-6-5-10(12(13)14)8-9(11)2/h5-6,8H,4,7H2,1-3H3. The minimum absolute atomic E-state index is 0.0405. The Morgan fingerprint density at radius 3 is 2.67 bits per heavy atom. The molecule has 0 saturated carbocycles. The van der Waals surface area contributed by atoms with E-state index in [2.05, 4.69) is 0 Å². The molecule has 0 heterocycles. The van der Waals surface area contributed by atoms with Crippen molar-refractivity contribution in [1.29, 1.82) is 0 Å². The van der Waals surface area contributed by atoms with Crippen LogP contribution in [-0.2, 0) is 16.3 Å². The molecule has 1 rings (SSSR count). The van der Waals surface area contributed by atoms with Crippen LogP contribution in [0.4, 0.5) is 5.69 Å². The van der Waals surface area contributed by atoms with Gasteiger partial charge in [-0.25, -0.2) is 0 Å². The van der Waals surface area contributed by atoms with E-state index in [4.69, 9.17) is 20.9 Å². The summed E-state index contributed by atoms with van der Waals surface area (Å²) in [5.41, 5.74) is 0.721. The lowest BCUT2D eigenvalue weighted by Crippen LogP contribution is -1.99.